The van der Waals surface area contributed by atoms with Crippen molar-refractivity contribution in [3.8, 4) is 22.8 Å². The number of rotatable bonds is 5. The normalized spacial score (nSPS) is 15.5. The molecular weight excluding hydrogens is 433 g/mol. The molecule has 1 aliphatic carbocycles. The minimum Gasteiger partial charge on any atom is -0.381 e. The van der Waals surface area contributed by atoms with E-state index >= 15 is 0 Å². The molecule has 0 atom stereocenters. The zero-order valence-electron chi connectivity index (χ0n) is 18.0. The fourth-order valence-electron chi connectivity index (χ4n) is 3.88. The highest BCUT2D eigenvalue weighted by molar-refractivity contribution is 5.67. The van der Waals surface area contributed by atoms with Crippen LogP contribution in [0, 0.1) is 19.7 Å². The van der Waals surface area contributed by atoms with Gasteiger partial charge in [-0.15, -0.1) is 5.10 Å². The van der Waals surface area contributed by atoms with Crippen molar-refractivity contribution in [2.24, 2.45) is 0 Å². The number of nitrogens with two attached hydrogens (primary N) is 1. The molecule has 0 aliphatic heterocycles. The maximum Gasteiger partial charge on any atom is 0.252 e. The SMILES string of the molecule is Cc1cccc(-c2nc(N)c(F)c(-c3cn(Cc4ccn(C5CC(F)(F)C5)n4)nn3)n2)c1C. The molecular formula is C22H21F3N8. The lowest BCUT2D eigenvalue weighted by atomic mass is 9.88. The van der Waals surface area contributed by atoms with E-state index < -0.39 is 11.7 Å². The Labute approximate surface area is 187 Å². The van der Waals surface area contributed by atoms with Crippen LogP contribution in [0.25, 0.3) is 22.8 Å². The zero-order valence-corrected chi connectivity index (χ0v) is 18.0. The molecule has 33 heavy (non-hydrogen) atoms. The van der Waals surface area contributed by atoms with Gasteiger partial charge in [-0.25, -0.2) is 27.8 Å². The zero-order chi connectivity index (χ0) is 23.3. The Morgan fingerprint density at radius 1 is 1.15 bits per heavy atom. The number of alkyl halides is 2. The van der Waals surface area contributed by atoms with E-state index in [2.05, 4.69) is 25.4 Å². The second-order valence-corrected chi connectivity index (χ2v) is 8.35. The first-order valence-electron chi connectivity index (χ1n) is 10.4. The van der Waals surface area contributed by atoms with Gasteiger partial charge in [0.15, 0.2) is 17.5 Å². The monoisotopic (exact) mass is 454 g/mol. The molecule has 3 aromatic heterocycles. The van der Waals surface area contributed by atoms with Crippen LogP contribution in [0.1, 0.15) is 35.7 Å². The lowest BCUT2D eigenvalue weighted by Crippen LogP contribution is -2.37. The third kappa shape index (κ3) is 3.94. The molecule has 0 bridgehead atoms. The summed E-state index contributed by atoms with van der Waals surface area (Å²) in [6.07, 6.45) is 2.79. The molecule has 0 spiro atoms. The molecule has 8 nitrogen and oxygen atoms in total. The summed E-state index contributed by atoms with van der Waals surface area (Å²) in [7, 11) is 0. The topological polar surface area (TPSA) is 100 Å². The van der Waals surface area contributed by atoms with Gasteiger partial charge in [-0.3, -0.25) is 4.68 Å². The molecule has 1 saturated carbocycles. The van der Waals surface area contributed by atoms with E-state index in [1.807, 2.05) is 32.0 Å². The van der Waals surface area contributed by atoms with Crippen molar-refractivity contribution in [1.29, 1.82) is 0 Å². The number of halogens is 3. The van der Waals surface area contributed by atoms with E-state index in [9.17, 15) is 13.2 Å². The summed E-state index contributed by atoms with van der Waals surface area (Å²) in [5, 5.41) is 12.4. The quantitative estimate of drug-likeness (QED) is 0.490. The number of nitrogens with zero attached hydrogens (tertiary/aromatic N) is 7. The standard InChI is InChI=1S/C22H21F3N8/c1-12-4-3-5-16(13(12)2)21-27-19(18(23)20(26)28-21)17-11-32(31-29-17)10-14-6-7-33(30-14)15-8-22(24,25)9-15/h3-7,11,15H,8-10H2,1-2H3,(H2,26,27,28). The predicted molar refractivity (Wildman–Crippen MR) is 115 cm³/mol. The van der Waals surface area contributed by atoms with Crippen LogP contribution in [0.3, 0.4) is 0 Å². The number of aryl methyl sites for hydroxylation is 1. The fourth-order valence-corrected chi connectivity index (χ4v) is 3.88. The first-order valence-corrected chi connectivity index (χ1v) is 10.4. The van der Waals surface area contributed by atoms with Gasteiger partial charge in [0.05, 0.1) is 24.5 Å². The summed E-state index contributed by atoms with van der Waals surface area (Å²) >= 11 is 0. The predicted octanol–water partition coefficient (Wildman–Crippen LogP) is 3.96. The number of aromatic nitrogens is 7. The molecule has 3 heterocycles. The summed E-state index contributed by atoms with van der Waals surface area (Å²) in [5.74, 6) is -3.36. The number of hydrogen-bond acceptors (Lipinski definition) is 6. The Morgan fingerprint density at radius 2 is 1.94 bits per heavy atom. The van der Waals surface area contributed by atoms with E-state index in [0.717, 1.165) is 16.7 Å². The molecule has 11 heteroatoms. The number of hydrogen-bond donors (Lipinski definition) is 1. The van der Waals surface area contributed by atoms with Crippen LogP contribution in [0.2, 0.25) is 0 Å². The number of anilines is 1. The van der Waals surface area contributed by atoms with E-state index in [0.29, 0.717) is 11.5 Å². The van der Waals surface area contributed by atoms with Crippen molar-refractivity contribution in [2.45, 2.75) is 45.2 Å². The molecule has 0 radical (unpaired) electrons. The molecule has 0 unspecified atom stereocenters. The third-order valence-electron chi connectivity index (χ3n) is 5.93. The molecule has 0 saturated heterocycles. The van der Waals surface area contributed by atoms with Gasteiger partial charge in [0, 0.05) is 24.6 Å². The average molecular weight is 454 g/mol. The molecule has 2 N–H and O–H groups in total. The van der Waals surface area contributed by atoms with Crippen molar-refractivity contribution in [1.82, 2.24) is 34.7 Å². The Hall–Kier alpha value is -3.76. The van der Waals surface area contributed by atoms with Crippen molar-refractivity contribution >= 4 is 5.82 Å². The average Bonchev–Trinajstić information content (AvgIpc) is 3.40. The lowest BCUT2D eigenvalue weighted by molar-refractivity contribution is -0.107. The second kappa shape index (κ2) is 7.68. The van der Waals surface area contributed by atoms with E-state index in [1.54, 1.807) is 16.9 Å². The Kier molecular flexibility index (Phi) is 4.91. The number of benzene rings is 1. The van der Waals surface area contributed by atoms with Crippen LogP contribution in [0.15, 0.2) is 36.7 Å². The lowest BCUT2D eigenvalue weighted by Gasteiger charge is -2.34. The van der Waals surface area contributed by atoms with Crippen LogP contribution in [-0.4, -0.2) is 40.7 Å². The minimum absolute atomic E-state index is 0.0492. The first-order chi connectivity index (χ1) is 15.7. The maximum atomic E-state index is 14.8. The van der Waals surface area contributed by atoms with Gasteiger partial charge in [-0.2, -0.15) is 5.10 Å². The largest absolute Gasteiger partial charge is 0.381 e. The molecule has 4 aromatic rings. The molecule has 1 aliphatic rings. The Balaban J connectivity index is 1.40. The molecule has 1 aromatic carbocycles. The van der Waals surface area contributed by atoms with Gasteiger partial charge in [0.1, 0.15) is 11.4 Å². The van der Waals surface area contributed by atoms with Gasteiger partial charge in [0.25, 0.3) is 5.92 Å². The smallest absolute Gasteiger partial charge is 0.252 e. The highest BCUT2D eigenvalue weighted by atomic mass is 19.3. The second-order valence-electron chi connectivity index (χ2n) is 8.35. The van der Waals surface area contributed by atoms with Gasteiger partial charge in [-0.05, 0) is 31.0 Å². The molecule has 170 valence electrons. The number of nitrogen functional groups attached to an aromatic ring is 1. The van der Waals surface area contributed by atoms with Crippen molar-refractivity contribution in [2.75, 3.05) is 5.73 Å². The summed E-state index contributed by atoms with van der Waals surface area (Å²) in [5.41, 5.74) is 9.39. The van der Waals surface area contributed by atoms with E-state index in [4.69, 9.17) is 5.73 Å². The highest BCUT2D eigenvalue weighted by Gasteiger charge is 2.46. The van der Waals surface area contributed by atoms with E-state index in [1.165, 1.54) is 10.9 Å². The maximum absolute atomic E-state index is 14.8. The van der Waals surface area contributed by atoms with Crippen LogP contribution in [0.4, 0.5) is 19.0 Å². The summed E-state index contributed by atoms with van der Waals surface area (Å²) in [6.45, 7) is 4.15. The van der Waals surface area contributed by atoms with E-state index in [-0.39, 0.29) is 42.6 Å². The summed E-state index contributed by atoms with van der Waals surface area (Å²) in [6, 6.07) is 7.13. The van der Waals surface area contributed by atoms with Crippen LogP contribution >= 0.6 is 0 Å². The van der Waals surface area contributed by atoms with Crippen LogP contribution in [-0.2, 0) is 6.54 Å². The minimum atomic E-state index is -2.61. The summed E-state index contributed by atoms with van der Waals surface area (Å²) < 4.78 is 44.1. The third-order valence-corrected chi connectivity index (χ3v) is 5.93. The Bertz CT molecular complexity index is 1340. The van der Waals surface area contributed by atoms with Crippen molar-refractivity contribution in [3.05, 3.63) is 59.3 Å². The van der Waals surface area contributed by atoms with Gasteiger partial charge < -0.3 is 5.73 Å². The van der Waals surface area contributed by atoms with Gasteiger partial charge >= 0.3 is 0 Å². The van der Waals surface area contributed by atoms with Gasteiger partial charge in [0.2, 0.25) is 0 Å². The van der Waals surface area contributed by atoms with Crippen molar-refractivity contribution in [3.63, 3.8) is 0 Å². The highest BCUT2D eigenvalue weighted by Crippen LogP contribution is 2.45. The molecule has 5 rings (SSSR count). The molecule has 1 fully saturated rings. The fraction of sp³-hybridized carbons (Fsp3) is 0.318. The Morgan fingerprint density at radius 3 is 2.70 bits per heavy atom. The van der Waals surface area contributed by atoms with Gasteiger partial charge in [-0.1, -0.05) is 23.4 Å². The van der Waals surface area contributed by atoms with Crippen LogP contribution in [0.5, 0.6) is 0 Å². The first kappa shape index (κ1) is 21.1. The van der Waals surface area contributed by atoms with Crippen LogP contribution < -0.4 is 5.73 Å². The summed E-state index contributed by atoms with van der Waals surface area (Å²) in [4.78, 5) is 8.50. The van der Waals surface area contributed by atoms with Crippen molar-refractivity contribution < 1.29 is 13.2 Å². The molecule has 0 amide bonds.